The van der Waals surface area contributed by atoms with Crippen molar-refractivity contribution < 1.29 is 19.3 Å². The highest BCUT2D eigenvalue weighted by molar-refractivity contribution is 4.83. The molecule has 1 N–H and O–H groups in total. The summed E-state index contributed by atoms with van der Waals surface area (Å²) < 4.78 is 17.2. The fraction of sp³-hybridized carbons (Fsp3) is 0.944. The van der Waals surface area contributed by atoms with E-state index in [4.69, 9.17) is 14.2 Å². The van der Waals surface area contributed by atoms with E-state index >= 15 is 0 Å². The molecule has 0 fully saturated rings. The molecule has 0 saturated heterocycles. The van der Waals surface area contributed by atoms with Gasteiger partial charge in [-0.2, -0.15) is 0 Å². The maximum Gasteiger partial charge on any atom is 0.0727 e. The van der Waals surface area contributed by atoms with E-state index < -0.39 is 5.60 Å². The van der Waals surface area contributed by atoms with Crippen molar-refractivity contribution in [2.24, 2.45) is 0 Å². The molecule has 0 bridgehead atoms. The summed E-state index contributed by atoms with van der Waals surface area (Å²) in [6, 6.07) is 0. The largest absolute Gasteiger partial charge is 0.393 e. The zero-order valence-electron chi connectivity index (χ0n) is 14.9. The van der Waals surface area contributed by atoms with Crippen molar-refractivity contribution in [2.75, 3.05) is 33.0 Å². The van der Waals surface area contributed by atoms with Crippen molar-refractivity contribution in [1.29, 1.82) is 0 Å². The summed E-state index contributed by atoms with van der Waals surface area (Å²) in [5, 5.41) is 9.35. The lowest BCUT2D eigenvalue weighted by Gasteiger charge is -2.30. The Hall–Kier alpha value is -0.160. The third kappa shape index (κ3) is 13.5. The first-order valence-electron chi connectivity index (χ1n) is 8.87. The predicted octanol–water partition coefficient (Wildman–Crippen LogP) is 3.76. The number of hydrogen-bond donors (Lipinski definition) is 1. The Morgan fingerprint density at radius 1 is 0.909 bits per heavy atom. The molecule has 0 aromatic rings. The zero-order valence-corrected chi connectivity index (χ0v) is 14.9. The van der Waals surface area contributed by atoms with Crippen LogP contribution in [0.5, 0.6) is 0 Å². The summed E-state index contributed by atoms with van der Waals surface area (Å²) in [6.07, 6.45) is 6.27. The molecule has 133 valence electrons. The number of rotatable bonds is 16. The number of aliphatic hydroxyl groups is 1. The van der Waals surface area contributed by atoms with E-state index in [2.05, 4.69) is 20.8 Å². The second kappa shape index (κ2) is 14.4. The van der Waals surface area contributed by atoms with Crippen molar-refractivity contribution >= 4 is 0 Å². The molecule has 1 radical (unpaired) electrons. The van der Waals surface area contributed by atoms with Gasteiger partial charge in [-0.3, -0.25) is 0 Å². The second-order valence-corrected chi connectivity index (χ2v) is 6.10. The standard InChI is InChI=1S/C18H37O4/c1-5-7-12-20-15-10-18(4,22-14-9-17(3)19)11-16-21-13-8-6-2/h17,19H,4-16H2,1-3H3. The zero-order chi connectivity index (χ0) is 16.7. The molecule has 0 saturated carbocycles. The van der Waals surface area contributed by atoms with Gasteiger partial charge in [0.2, 0.25) is 0 Å². The minimum atomic E-state index is -0.479. The van der Waals surface area contributed by atoms with Crippen LogP contribution >= 0.6 is 0 Å². The normalized spacial score (nSPS) is 13.5. The van der Waals surface area contributed by atoms with E-state index in [0.717, 1.165) is 51.7 Å². The molecule has 0 aliphatic carbocycles. The van der Waals surface area contributed by atoms with Crippen molar-refractivity contribution in [2.45, 2.75) is 77.4 Å². The predicted molar refractivity (Wildman–Crippen MR) is 91.0 cm³/mol. The van der Waals surface area contributed by atoms with E-state index in [0.29, 0.717) is 26.2 Å². The van der Waals surface area contributed by atoms with Crippen molar-refractivity contribution in [1.82, 2.24) is 0 Å². The number of unbranched alkanes of at least 4 members (excludes halogenated alkanes) is 2. The van der Waals surface area contributed by atoms with E-state index in [1.807, 2.05) is 0 Å². The first-order valence-corrected chi connectivity index (χ1v) is 8.87. The molecular weight excluding hydrogens is 280 g/mol. The first-order chi connectivity index (χ1) is 10.5. The molecule has 1 unspecified atom stereocenters. The lowest BCUT2D eigenvalue weighted by molar-refractivity contribution is -0.0615. The average Bonchev–Trinajstić information content (AvgIpc) is 2.46. The Morgan fingerprint density at radius 3 is 1.82 bits per heavy atom. The highest BCUT2D eigenvalue weighted by Gasteiger charge is 2.25. The maximum atomic E-state index is 9.35. The van der Waals surface area contributed by atoms with E-state index in [1.165, 1.54) is 0 Å². The molecule has 0 spiro atoms. The fourth-order valence-electron chi connectivity index (χ4n) is 1.93. The van der Waals surface area contributed by atoms with Gasteiger partial charge >= 0.3 is 0 Å². The van der Waals surface area contributed by atoms with E-state index in [1.54, 1.807) is 6.92 Å². The van der Waals surface area contributed by atoms with Crippen molar-refractivity contribution in [3.8, 4) is 0 Å². The maximum absolute atomic E-state index is 9.35. The smallest absolute Gasteiger partial charge is 0.0727 e. The lowest BCUT2D eigenvalue weighted by atomic mass is 9.98. The van der Waals surface area contributed by atoms with Crippen LogP contribution in [0.2, 0.25) is 0 Å². The fourth-order valence-corrected chi connectivity index (χ4v) is 1.93. The van der Waals surface area contributed by atoms with Gasteiger partial charge < -0.3 is 19.3 Å². The number of ether oxygens (including phenoxy) is 3. The molecule has 0 heterocycles. The molecule has 0 aromatic carbocycles. The van der Waals surface area contributed by atoms with Gasteiger partial charge in [0.1, 0.15) is 0 Å². The van der Waals surface area contributed by atoms with Crippen LogP contribution in [0.3, 0.4) is 0 Å². The number of hydrogen-bond acceptors (Lipinski definition) is 4. The van der Waals surface area contributed by atoms with E-state index in [9.17, 15) is 5.11 Å². The van der Waals surface area contributed by atoms with Crippen LogP contribution in [0.25, 0.3) is 0 Å². The summed E-state index contributed by atoms with van der Waals surface area (Å²) in [6.45, 7) is 13.8. The molecular formula is C18H37O4. The number of aliphatic hydroxyl groups excluding tert-OH is 1. The molecule has 0 rings (SSSR count). The third-order valence-electron chi connectivity index (χ3n) is 3.63. The van der Waals surface area contributed by atoms with Crippen LogP contribution < -0.4 is 0 Å². The van der Waals surface area contributed by atoms with Gasteiger partial charge in [0.25, 0.3) is 0 Å². The Balaban J connectivity index is 4.04. The third-order valence-corrected chi connectivity index (χ3v) is 3.63. The molecule has 4 nitrogen and oxygen atoms in total. The molecule has 0 amide bonds. The summed E-state index contributed by atoms with van der Waals surface area (Å²) in [4.78, 5) is 0. The summed E-state index contributed by atoms with van der Waals surface area (Å²) in [7, 11) is 0. The first kappa shape index (κ1) is 21.8. The molecule has 22 heavy (non-hydrogen) atoms. The molecule has 1 atom stereocenters. The highest BCUT2D eigenvalue weighted by Crippen LogP contribution is 2.21. The van der Waals surface area contributed by atoms with Gasteiger partial charge in [0.15, 0.2) is 0 Å². The monoisotopic (exact) mass is 317 g/mol. The lowest BCUT2D eigenvalue weighted by Crippen LogP contribution is -2.33. The Kier molecular flexibility index (Phi) is 14.3. The minimum absolute atomic E-state index is 0.342. The van der Waals surface area contributed by atoms with Crippen molar-refractivity contribution in [3.05, 3.63) is 6.92 Å². The van der Waals surface area contributed by atoms with Crippen LogP contribution in [0, 0.1) is 6.92 Å². The van der Waals surface area contributed by atoms with Crippen LogP contribution in [-0.4, -0.2) is 49.8 Å². The quantitative estimate of drug-likeness (QED) is 0.440. The van der Waals surface area contributed by atoms with E-state index in [-0.39, 0.29) is 6.10 Å². The van der Waals surface area contributed by atoms with Gasteiger partial charge in [-0.15, -0.1) is 0 Å². The topological polar surface area (TPSA) is 47.9 Å². The average molecular weight is 317 g/mol. The molecule has 4 heteroatoms. The molecule has 0 aromatic heterocycles. The van der Waals surface area contributed by atoms with Crippen molar-refractivity contribution in [3.63, 3.8) is 0 Å². The highest BCUT2D eigenvalue weighted by atomic mass is 16.5. The van der Waals surface area contributed by atoms with Gasteiger partial charge in [0.05, 0.1) is 11.7 Å². The Bertz CT molecular complexity index is 217. The summed E-state index contributed by atoms with van der Waals surface area (Å²) >= 11 is 0. The Labute approximate surface area is 137 Å². The molecule has 0 aliphatic rings. The summed E-state index contributed by atoms with van der Waals surface area (Å²) in [5.41, 5.74) is -0.479. The van der Waals surface area contributed by atoms with Crippen LogP contribution in [0.1, 0.15) is 65.7 Å². The Morgan fingerprint density at radius 2 is 1.41 bits per heavy atom. The minimum Gasteiger partial charge on any atom is -0.393 e. The van der Waals surface area contributed by atoms with Gasteiger partial charge in [0, 0.05) is 33.0 Å². The SMILES string of the molecule is [CH2]C(CCOCCCC)(CCOCCCC)OCCC(C)O. The van der Waals surface area contributed by atoms with Gasteiger partial charge in [-0.05, 0) is 46.0 Å². The van der Waals surface area contributed by atoms with Crippen LogP contribution in [0.4, 0.5) is 0 Å². The van der Waals surface area contributed by atoms with Crippen LogP contribution in [-0.2, 0) is 14.2 Å². The summed E-state index contributed by atoms with van der Waals surface area (Å²) in [5.74, 6) is 0. The van der Waals surface area contributed by atoms with Gasteiger partial charge in [-0.25, -0.2) is 0 Å². The van der Waals surface area contributed by atoms with Gasteiger partial charge in [-0.1, -0.05) is 26.7 Å². The second-order valence-electron chi connectivity index (χ2n) is 6.10. The molecule has 0 aliphatic heterocycles. The van der Waals surface area contributed by atoms with Crippen LogP contribution in [0.15, 0.2) is 0 Å².